The molecule has 2 heterocycles. The molecule has 4 nitrogen and oxygen atoms in total. The fourth-order valence-corrected chi connectivity index (χ4v) is 2.76. The van der Waals surface area contributed by atoms with E-state index < -0.39 is 0 Å². The van der Waals surface area contributed by atoms with Crippen molar-refractivity contribution in [2.75, 3.05) is 0 Å². The lowest BCUT2D eigenvalue weighted by Crippen LogP contribution is -2.20. The van der Waals surface area contributed by atoms with Crippen molar-refractivity contribution >= 4 is 21.9 Å². The number of hydrogen-bond acceptors (Lipinski definition) is 2. The molecule has 21 heavy (non-hydrogen) atoms. The van der Waals surface area contributed by atoms with E-state index in [1.807, 2.05) is 54.6 Å². The predicted molar refractivity (Wildman–Crippen MR) is 83.8 cm³/mol. The van der Waals surface area contributed by atoms with Crippen molar-refractivity contribution in [2.24, 2.45) is 7.05 Å². The maximum absolute atomic E-state index is 12.6. The van der Waals surface area contributed by atoms with Crippen LogP contribution in [0.1, 0.15) is 0 Å². The molecular formula is C17H13N3O. The lowest BCUT2D eigenvalue weighted by atomic mass is 10.2. The Bertz CT molecular complexity index is 1010. The van der Waals surface area contributed by atoms with Crippen LogP contribution in [0.4, 0.5) is 0 Å². The summed E-state index contributed by atoms with van der Waals surface area (Å²) in [6, 6.07) is 17.6. The normalized spacial score (nSPS) is 11.3. The molecular weight excluding hydrogens is 262 g/mol. The molecule has 0 radical (unpaired) electrons. The van der Waals surface area contributed by atoms with Crippen LogP contribution in [0.5, 0.6) is 0 Å². The highest BCUT2D eigenvalue weighted by Gasteiger charge is 2.15. The Kier molecular flexibility index (Phi) is 2.44. The summed E-state index contributed by atoms with van der Waals surface area (Å²) < 4.78 is 3.39. The van der Waals surface area contributed by atoms with E-state index >= 15 is 0 Å². The van der Waals surface area contributed by atoms with Crippen molar-refractivity contribution < 1.29 is 0 Å². The number of aryl methyl sites for hydroxylation is 1. The van der Waals surface area contributed by atoms with E-state index in [1.54, 1.807) is 22.4 Å². The summed E-state index contributed by atoms with van der Waals surface area (Å²) in [5, 5.41) is 0.983. The summed E-state index contributed by atoms with van der Waals surface area (Å²) in [7, 11) is 1.78. The van der Waals surface area contributed by atoms with Crippen LogP contribution in [0.3, 0.4) is 0 Å². The van der Waals surface area contributed by atoms with E-state index in [4.69, 9.17) is 0 Å². The summed E-state index contributed by atoms with van der Waals surface area (Å²) in [5.74, 6) is 0. The number of hydrogen-bond donors (Lipinski definition) is 0. The minimum absolute atomic E-state index is 0.0608. The zero-order valence-electron chi connectivity index (χ0n) is 11.5. The molecule has 2 aromatic carbocycles. The first-order valence-corrected chi connectivity index (χ1v) is 6.78. The molecule has 0 unspecified atom stereocenters. The van der Waals surface area contributed by atoms with Crippen LogP contribution in [0.2, 0.25) is 0 Å². The van der Waals surface area contributed by atoms with Gasteiger partial charge in [0.15, 0.2) is 0 Å². The molecule has 0 bridgehead atoms. The molecule has 0 saturated carbocycles. The monoisotopic (exact) mass is 275 g/mol. The minimum atomic E-state index is -0.0608. The van der Waals surface area contributed by atoms with Crippen molar-refractivity contribution in [1.82, 2.24) is 14.1 Å². The van der Waals surface area contributed by atoms with E-state index in [1.165, 1.54) is 0 Å². The topological polar surface area (TPSA) is 39.8 Å². The van der Waals surface area contributed by atoms with E-state index in [9.17, 15) is 4.79 Å². The number of para-hydroxylation sites is 2. The zero-order chi connectivity index (χ0) is 14.4. The Morgan fingerprint density at radius 3 is 2.48 bits per heavy atom. The van der Waals surface area contributed by atoms with Gasteiger partial charge in [-0.15, -0.1) is 0 Å². The van der Waals surface area contributed by atoms with Gasteiger partial charge in [-0.05, 0) is 18.2 Å². The first-order chi connectivity index (χ1) is 10.3. The highest BCUT2D eigenvalue weighted by atomic mass is 16.1. The third-order valence-electron chi connectivity index (χ3n) is 3.81. The van der Waals surface area contributed by atoms with Gasteiger partial charge >= 0.3 is 5.69 Å². The van der Waals surface area contributed by atoms with E-state index in [-0.39, 0.29) is 5.69 Å². The molecule has 0 aliphatic heterocycles. The number of imidazole rings is 1. The molecule has 2 aromatic heterocycles. The second kappa shape index (κ2) is 4.31. The summed E-state index contributed by atoms with van der Waals surface area (Å²) in [5.41, 5.74) is 3.43. The van der Waals surface area contributed by atoms with Crippen LogP contribution in [-0.2, 0) is 7.05 Å². The molecule has 0 aliphatic carbocycles. The summed E-state index contributed by atoms with van der Waals surface area (Å²) in [6.45, 7) is 0. The van der Waals surface area contributed by atoms with Gasteiger partial charge in [0, 0.05) is 12.4 Å². The van der Waals surface area contributed by atoms with Gasteiger partial charge in [-0.2, -0.15) is 0 Å². The Morgan fingerprint density at radius 1 is 0.952 bits per heavy atom. The number of fused-ring (bicyclic) bond motifs is 3. The molecule has 0 fully saturated rings. The minimum Gasteiger partial charge on any atom is -0.293 e. The van der Waals surface area contributed by atoms with Gasteiger partial charge in [0.1, 0.15) is 0 Å². The fourth-order valence-electron chi connectivity index (χ4n) is 2.76. The maximum atomic E-state index is 12.6. The number of pyridine rings is 1. The van der Waals surface area contributed by atoms with Crippen LogP contribution in [0.15, 0.2) is 65.6 Å². The van der Waals surface area contributed by atoms with Crippen molar-refractivity contribution in [1.29, 1.82) is 0 Å². The van der Waals surface area contributed by atoms with Crippen LogP contribution in [0.25, 0.3) is 27.6 Å². The summed E-state index contributed by atoms with van der Waals surface area (Å²) in [4.78, 5) is 17.1. The molecule has 4 heteroatoms. The van der Waals surface area contributed by atoms with Crippen molar-refractivity contribution in [3.05, 3.63) is 71.3 Å². The summed E-state index contributed by atoms with van der Waals surface area (Å²) in [6.07, 6.45) is 1.76. The molecule has 4 rings (SSSR count). The standard InChI is InChI=1S/C17H13N3O/c1-19-15-11-18-14-10-6-5-9-13(14)16(15)20(17(19)21)12-7-3-2-4-8-12/h2-11H,1H3. The van der Waals surface area contributed by atoms with Crippen molar-refractivity contribution in [3.63, 3.8) is 0 Å². The molecule has 0 N–H and O–H groups in total. The van der Waals surface area contributed by atoms with Crippen molar-refractivity contribution in [2.45, 2.75) is 0 Å². The Morgan fingerprint density at radius 2 is 1.67 bits per heavy atom. The molecule has 0 saturated heterocycles. The Hall–Kier alpha value is -2.88. The average molecular weight is 275 g/mol. The first-order valence-electron chi connectivity index (χ1n) is 6.78. The van der Waals surface area contributed by atoms with Gasteiger partial charge < -0.3 is 0 Å². The maximum Gasteiger partial charge on any atom is 0.333 e. The molecule has 102 valence electrons. The third kappa shape index (κ3) is 1.62. The molecule has 4 aromatic rings. The van der Waals surface area contributed by atoms with E-state index in [2.05, 4.69) is 4.98 Å². The lowest BCUT2D eigenvalue weighted by Gasteiger charge is -2.05. The third-order valence-corrected chi connectivity index (χ3v) is 3.81. The highest BCUT2D eigenvalue weighted by Crippen LogP contribution is 2.24. The SMILES string of the molecule is Cn1c(=O)n(-c2ccccc2)c2c3ccccc3ncc21. The largest absolute Gasteiger partial charge is 0.333 e. The van der Waals surface area contributed by atoms with Gasteiger partial charge in [-0.1, -0.05) is 36.4 Å². The van der Waals surface area contributed by atoms with Crippen LogP contribution >= 0.6 is 0 Å². The predicted octanol–water partition coefficient (Wildman–Crippen LogP) is 2.88. The smallest absolute Gasteiger partial charge is 0.293 e. The average Bonchev–Trinajstić information content (AvgIpc) is 2.80. The Labute approximate surface area is 120 Å². The van der Waals surface area contributed by atoms with Gasteiger partial charge in [0.25, 0.3) is 0 Å². The van der Waals surface area contributed by atoms with Gasteiger partial charge in [0.2, 0.25) is 0 Å². The molecule has 0 atom stereocenters. The van der Waals surface area contributed by atoms with Crippen LogP contribution < -0.4 is 5.69 Å². The molecule has 0 aliphatic rings. The molecule has 0 amide bonds. The second-order valence-corrected chi connectivity index (χ2v) is 5.02. The van der Waals surface area contributed by atoms with Gasteiger partial charge in [-0.25, -0.2) is 4.79 Å². The first kappa shape index (κ1) is 11.9. The highest BCUT2D eigenvalue weighted by molar-refractivity contribution is 6.02. The van der Waals surface area contributed by atoms with Gasteiger partial charge in [-0.3, -0.25) is 14.1 Å². The van der Waals surface area contributed by atoms with E-state index in [0.29, 0.717) is 0 Å². The number of aromatic nitrogens is 3. The van der Waals surface area contributed by atoms with E-state index in [0.717, 1.165) is 27.6 Å². The lowest BCUT2D eigenvalue weighted by molar-refractivity contribution is 0.846. The summed E-state index contributed by atoms with van der Waals surface area (Å²) >= 11 is 0. The number of nitrogens with zero attached hydrogens (tertiary/aromatic N) is 3. The fraction of sp³-hybridized carbons (Fsp3) is 0.0588. The van der Waals surface area contributed by atoms with Crippen LogP contribution in [-0.4, -0.2) is 14.1 Å². The van der Waals surface area contributed by atoms with Crippen LogP contribution in [0, 0.1) is 0 Å². The second-order valence-electron chi connectivity index (χ2n) is 5.02. The number of rotatable bonds is 1. The quantitative estimate of drug-likeness (QED) is 0.536. The number of benzene rings is 2. The van der Waals surface area contributed by atoms with Crippen molar-refractivity contribution in [3.8, 4) is 5.69 Å². The Balaban J connectivity index is 2.27. The molecule has 0 spiro atoms. The van der Waals surface area contributed by atoms with Gasteiger partial charge in [0.05, 0.1) is 28.4 Å². The zero-order valence-corrected chi connectivity index (χ0v) is 11.5.